The topological polar surface area (TPSA) is 75.9 Å². The molecule has 1 aromatic heterocycles. The van der Waals surface area contributed by atoms with Crippen LogP contribution in [0.4, 0.5) is 0 Å². The maximum atomic E-state index is 13.4. The van der Waals surface area contributed by atoms with Gasteiger partial charge in [0.2, 0.25) is 5.91 Å². The zero-order valence-electron chi connectivity index (χ0n) is 19.3. The van der Waals surface area contributed by atoms with Gasteiger partial charge >= 0.3 is 0 Å². The molecule has 1 saturated heterocycles. The second kappa shape index (κ2) is 9.48. The van der Waals surface area contributed by atoms with Crippen molar-refractivity contribution in [2.24, 2.45) is 5.41 Å². The fourth-order valence-electron chi connectivity index (χ4n) is 4.64. The maximum absolute atomic E-state index is 13.4. The molecule has 0 spiro atoms. The van der Waals surface area contributed by atoms with Gasteiger partial charge in [-0.2, -0.15) is 0 Å². The van der Waals surface area contributed by atoms with Crippen LogP contribution in [-0.2, 0) is 11.2 Å². The van der Waals surface area contributed by atoms with Gasteiger partial charge in [-0.15, -0.1) is 0 Å². The molecule has 0 N–H and O–H groups in total. The fraction of sp³-hybridized carbons (Fsp3) is 0.346. The number of carbonyl (C=O) groups excluding carboxylic acids is 2. The molecular formula is C26H29N3O4. The number of likely N-dealkylation sites (tertiary alicyclic amines) is 1. The number of aromatic nitrogens is 1. The minimum absolute atomic E-state index is 0.0160. The summed E-state index contributed by atoms with van der Waals surface area (Å²) in [5.41, 5.74) is 1.40. The molecule has 0 bridgehead atoms. The lowest BCUT2D eigenvalue weighted by Gasteiger charge is -2.42. The van der Waals surface area contributed by atoms with E-state index in [-0.39, 0.29) is 11.8 Å². The number of hydrogen-bond donors (Lipinski definition) is 0. The number of piperidine rings is 1. The van der Waals surface area contributed by atoms with Crippen LogP contribution in [0.25, 0.3) is 11.3 Å². The van der Waals surface area contributed by atoms with Gasteiger partial charge < -0.3 is 19.1 Å². The third kappa shape index (κ3) is 4.62. The standard InChI is InChI=1S/C26H29N3O4/c1-28(2)25(31)26(17-20-16-22(27-33-20)19-10-5-4-6-11-19)14-9-15-29(18-26)24(30)21-12-7-8-13-23(21)32-3/h4-8,10-13,16H,9,14-15,17-18H2,1-3H3. The number of amides is 2. The predicted molar refractivity (Wildman–Crippen MR) is 125 cm³/mol. The summed E-state index contributed by atoms with van der Waals surface area (Å²) in [6.45, 7) is 0.896. The van der Waals surface area contributed by atoms with E-state index < -0.39 is 5.41 Å². The van der Waals surface area contributed by atoms with Crippen molar-refractivity contribution in [2.75, 3.05) is 34.3 Å². The highest BCUT2D eigenvalue weighted by molar-refractivity contribution is 5.97. The van der Waals surface area contributed by atoms with E-state index in [9.17, 15) is 9.59 Å². The lowest BCUT2D eigenvalue weighted by molar-refractivity contribution is -0.142. The molecule has 1 unspecified atom stereocenters. The first-order valence-electron chi connectivity index (χ1n) is 11.1. The van der Waals surface area contributed by atoms with Crippen molar-refractivity contribution < 1.29 is 18.8 Å². The van der Waals surface area contributed by atoms with Crippen LogP contribution < -0.4 is 4.74 Å². The van der Waals surface area contributed by atoms with Gasteiger partial charge in [0.1, 0.15) is 17.2 Å². The van der Waals surface area contributed by atoms with Crippen LogP contribution in [0.15, 0.2) is 65.2 Å². The number of rotatable bonds is 6. The SMILES string of the molecule is COc1ccccc1C(=O)N1CCCC(Cc2cc(-c3ccccc3)no2)(C(=O)N(C)C)C1. The predicted octanol–water partition coefficient (Wildman–Crippen LogP) is 3.90. The minimum Gasteiger partial charge on any atom is -0.496 e. The van der Waals surface area contributed by atoms with E-state index >= 15 is 0 Å². The van der Waals surface area contributed by atoms with E-state index in [1.54, 1.807) is 43.1 Å². The molecular weight excluding hydrogens is 418 g/mol. The van der Waals surface area contributed by atoms with Crippen LogP contribution in [0.1, 0.15) is 29.0 Å². The number of ether oxygens (including phenoxy) is 1. The molecule has 33 heavy (non-hydrogen) atoms. The molecule has 1 aliphatic heterocycles. The quantitative estimate of drug-likeness (QED) is 0.573. The molecule has 1 aliphatic rings. The van der Waals surface area contributed by atoms with Gasteiger partial charge in [-0.1, -0.05) is 47.6 Å². The van der Waals surface area contributed by atoms with Gasteiger partial charge in [0, 0.05) is 45.2 Å². The summed E-state index contributed by atoms with van der Waals surface area (Å²) in [5, 5.41) is 4.21. The summed E-state index contributed by atoms with van der Waals surface area (Å²) < 4.78 is 11.0. The number of hydrogen-bond acceptors (Lipinski definition) is 5. The Morgan fingerprint density at radius 2 is 1.85 bits per heavy atom. The van der Waals surface area contributed by atoms with Crippen LogP contribution in [0.2, 0.25) is 0 Å². The normalized spacial score (nSPS) is 18.1. The molecule has 0 aliphatic carbocycles. The molecule has 7 heteroatoms. The maximum Gasteiger partial charge on any atom is 0.257 e. The second-order valence-corrected chi connectivity index (χ2v) is 8.73. The van der Waals surface area contributed by atoms with Crippen molar-refractivity contribution in [3.05, 3.63) is 72.0 Å². The summed E-state index contributed by atoms with van der Waals surface area (Å²) >= 11 is 0. The number of benzene rings is 2. The zero-order valence-corrected chi connectivity index (χ0v) is 19.3. The van der Waals surface area contributed by atoms with Crippen molar-refractivity contribution in [1.29, 1.82) is 0 Å². The Bertz CT molecular complexity index is 1130. The number of methoxy groups -OCH3 is 1. The number of carbonyl (C=O) groups is 2. The molecule has 3 aromatic rings. The van der Waals surface area contributed by atoms with Crippen LogP contribution in [0.5, 0.6) is 5.75 Å². The van der Waals surface area contributed by atoms with E-state index in [0.29, 0.717) is 43.0 Å². The lowest BCUT2D eigenvalue weighted by Crippen LogP contribution is -2.54. The Hall–Kier alpha value is -3.61. The van der Waals surface area contributed by atoms with Crippen molar-refractivity contribution in [3.8, 4) is 17.0 Å². The Balaban J connectivity index is 1.62. The van der Waals surface area contributed by atoms with Gasteiger partial charge in [0.05, 0.1) is 18.1 Å². The Kier molecular flexibility index (Phi) is 6.49. The smallest absolute Gasteiger partial charge is 0.257 e. The summed E-state index contributed by atoms with van der Waals surface area (Å²) in [6.07, 6.45) is 1.76. The van der Waals surface area contributed by atoms with E-state index in [2.05, 4.69) is 5.16 Å². The Morgan fingerprint density at radius 1 is 1.12 bits per heavy atom. The summed E-state index contributed by atoms with van der Waals surface area (Å²) in [4.78, 5) is 30.2. The Labute approximate surface area is 193 Å². The molecule has 0 radical (unpaired) electrons. The molecule has 2 heterocycles. The number of para-hydroxylation sites is 1. The largest absolute Gasteiger partial charge is 0.496 e. The third-order valence-corrected chi connectivity index (χ3v) is 6.20. The zero-order chi connectivity index (χ0) is 23.4. The summed E-state index contributed by atoms with van der Waals surface area (Å²) in [5.74, 6) is 1.01. The monoisotopic (exact) mass is 447 g/mol. The summed E-state index contributed by atoms with van der Waals surface area (Å²) in [7, 11) is 5.05. The van der Waals surface area contributed by atoms with Crippen molar-refractivity contribution >= 4 is 11.8 Å². The first kappa shape index (κ1) is 22.6. The highest BCUT2D eigenvalue weighted by atomic mass is 16.5. The van der Waals surface area contributed by atoms with E-state index in [0.717, 1.165) is 17.7 Å². The second-order valence-electron chi connectivity index (χ2n) is 8.73. The first-order chi connectivity index (χ1) is 15.9. The third-order valence-electron chi connectivity index (χ3n) is 6.20. The summed E-state index contributed by atoms with van der Waals surface area (Å²) in [6, 6.07) is 18.9. The van der Waals surface area contributed by atoms with Gasteiger partial charge in [-0.25, -0.2) is 0 Å². The van der Waals surface area contributed by atoms with E-state index in [1.165, 1.54) is 0 Å². The molecule has 1 fully saturated rings. The number of nitrogens with zero attached hydrogens (tertiary/aromatic N) is 3. The van der Waals surface area contributed by atoms with Crippen LogP contribution >= 0.6 is 0 Å². The molecule has 172 valence electrons. The van der Waals surface area contributed by atoms with Gasteiger partial charge in [-0.3, -0.25) is 9.59 Å². The average molecular weight is 448 g/mol. The minimum atomic E-state index is -0.785. The van der Waals surface area contributed by atoms with Crippen molar-refractivity contribution in [3.63, 3.8) is 0 Å². The molecule has 4 rings (SSSR count). The van der Waals surface area contributed by atoms with Crippen molar-refractivity contribution in [2.45, 2.75) is 19.3 Å². The van der Waals surface area contributed by atoms with Crippen LogP contribution in [0.3, 0.4) is 0 Å². The van der Waals surface area contributed by atoms with Gasteiger partial charge in [0.25, 0.3) is 5.91 Å². The van der Waals surface area contributed by atoms with Gasteiger partial charge in [0.15, 0.2) is 0 Å². The average Bonchev–Trinajstić information content (AvgIpc) is 3.31. The molecule has 0 saturated carbocycles. The fourth-order valence-corrected chi connectivity index (χ4v) is 4.64. The highest BCUT2D eigenvalue weighted by Crippen LogP contribution is 2.37. The highest BCUT2D eigenvalue weighted by Gasteiger charge is 2.45. The first-order valence-corrected chi connectivity index (χ1v) is 11.1. The van der Waals surface area contributed by atoms with E-state index in [1.807, 2.05) is 48.5 Å². The molecule has 2 aromatic carbocycles. The van der Waals surface area contributed by atoms with Crippen molar-refractivity contribution in [1.82, 2.24) is 15.0 Å². The van der Waals surface area contributed by atoms with E-state index in [4.69, 9.17) is 9.26 Å². The Morgan fingerprint density at radius 3 is 2.58 bits per heavy atom. The molecule has 2 amide bonds. The van der Waals surface area contributed by atoms with Crippen LogP contribution in [0, 0.1) is 5.41 Å². The molecule has 7 nitrogen and oxygen atoms in total. The van der Waals surface area contributed by atoms with Crippen LogP contribution in [-0.4, -0.2) is 61.1 Å². The lowest BCUT2D eigenvalue weighted by atomic mass is 9.75. The van der Waals surface area contributed by atoms with Gasteiger partial charge in [-0.05, 0) is 25.0 Å². The molecule has 1 atom stereocenters.